The molecule has 0 atom stereocenters. The fourth-order valence-corrected chi connectivity index (χ4v) is 1.40. The molecule has 0 aliphatic rings. The van der Waals surface area contributed by atoms with Crippen LogP contribution in [0.4, 0.5) is 0 Å². The normalized spacial score (nSPS) is 9.67. The van der Waals surface area contributed by atoms with Crippen LogP contribution in [-0.2, 0) is 0 Å². The Kier molecular flexibility index (Phi) is 2.56. The molecule has 0 nitrogen and oxygen atoms in total. The van der Waals surface area contributed by atoms with Gasteiger partial charge in [0.05, 0.1) is 9.50 Å². The summed E-state index contributed by atoms with van der Waals surface area (Å²) in [4.78, 5) is 0. The zero-order chi connectivity index (χ0) is 6.85. The Morgan fingerprint density at radius 1 is 1.22 bits per heavy atom. The van der Waals surface area contributed by atoms with Gasteiger partial charge in [-0.25, -0.2) is 0 Å². The van der Waals surface area contributed by atoms with Crippen molar-refractivity contribution in [1.82, 2.24) is 0 Å². The van der Waals surface area contributed by atoms with Crippen molar-refractivity contribution in [1.29, 1.82) is 0 Å². The molecule has 48 valence electrons. The average molecular weight is 270 g/mol. The van der Waals surface area contributed by atoms with Gasteiger partial charge in [-0.3, -0.25) is 0 Å². The molecule has 0 heterocycles. The van der Waals surface area contributed by atoms with E-state index in [-0.39, 0.29) is 0 Å². The van der Waals surface area contributed by atoms with Gasteiger partial charge in [-0.15, -0.1) is 0 Å². The van der Waals surface area contributed by atoms with Gasteiger partial charge in [0.2, 0.25) is 0 Å². The Morgan fingerprint density at radius 2 is 1.89 bits per heavy atom. The van der Waals surface area contributed by atoms with Crippen molar-refractivity contribution >= 4 is 43.5 Å². The maximum absolute atomic E-state index is 5.74. The van der Waals surface area contributed by atoms with Crippen LogP contribution in [0.5, 0.6) is 0 Å². The lowest BCUT2D eigenvalue weighted by molar-refractivity contribution is 1.59. The fraction of sp³-hybridized carbons (Fsp3) is 0. The minimum atomic E-state index is 0.726. The summed E-state index contributed by atoms with van der Waals surface area (Å²) >= 11 is 12.4. The van der Waals surface area contributed by atoms with E-state index in [1.165, 1.54) is 0 Å². The third-order valence-corrected chi connectivity index (χ3v) is 3.49. The van der Waals surface area contributed by atoms with Crippen molar-refractivity contribution < 1.29 is 0 Å². The monoisotopic (exact) mass is 268 g/mol. The Hall–Kier alpha value is 0.470. The second kappa shape index (κ2) is 3.04. The van der Waals surface area contributed by atoms with Gasteiger partial charge in [0.25, 0.3) is 0 Å². The SMILES string of the molecule is Clc1cccc(Br)c1Br. The first kappa shape index (κ1) is 7.58. The van der Waals surface area contributed by atoms with Crippen LogP contribution in [0.3, 0.4) is 0 Å². The van der Waals surface area contributed by atoms with Gasteiger partial charge in [0.15, 0.2) is 0 Å². The molecule has 0 N–H and O–H groups in total. The molecule has 0 saturated carbocycles. The van der Waals surface area contributed by atoms with E-state index in [1.54, 1.807) is 0 Å². The van der Waals surface area contributed by atoms with Gasteiger partial charge in [0.1, 0.15) is 0 Å². The van der Waals surface area contributed by atoms with Gasteiger partial charge in [-0.05, 0) is 44.0 Å². The summed E-state index contributed by atoms with van der Waals surface area (Å²) in [6.45, 7) is 0. The fourth-order valence-electron chi connectivity index (χ4n) is 0.477. The largest absolute Gasteiger partial charge is 0.0831 e. The van der Waals surface area contributed by atoms with E-state index in [9.17, 15) is 0 Å². The number of benzene rings is 1. The van der Waals surface area contributed by atoms with Crippen LogP contribution in [0, 0.1) is 0 Å². The topological polar surface area (TPSA) is 0 Å². The van der Waals surface area contributed by atoms with Gasteiger partial charge >= 0.3 is 0 Å². The molecule has 1 rings (SSSR count). The molecule has 0 spiro atoms. The smallest absolute Gasteiger partial charge is 0.0559 e. The number of halogens is 3. The zero-order valence-electron chi connectivity index (χ0n) is 4.37. The first-order valence-corrected chi connectivity index (χ1v) is 4.27. The minimum absolute atomic E-state index is 0.726. The van der Waals surface area contributed by atoms with Crippen LogP contribution >= 0.6 is 43.5 Å². The maximum atomic E-state index is 5.74. The Morgan fingerprint density at radius 3 is 2.33 bits per heavy atom. The summed E-state index contributed by atoms with van der Waals surface area (Å²) < 4.78 is 1.89. The average Bonchev–Trinajstić information content (AvgIpc) is 1.83. The van der Waals surface area contributed by atoms with Crippen molar-refractivity contribution in [3.63, 3.8) is 0 Å². The van der Waals surface area contributed by atoms with Crippen molar-refractivity contribution in [2.45, 2.75) is 0 Å². The molecule has 0 radical (unpaired) electrons. The quantitative estimate of drug-likeness (QED) is 0.628. The molecule has 1 aromatic carbocycles. The summed E-state index contributed by atoms with van der Waals surface area (Å²) in [5, 5.41) is 0.726. The highest BCUT2D eigenvalue weighted by molar-refractivity contribution is 9.13. The minimum Gasteiger partial charge on any atom is -0.0831 e. The predicted octanol–water partition coefficient (Wildman–Crippen LogP) is 3.87. The van der Waals surface area contributed by atoms with Gasteiger partial charge < -0.3 is 0 Å². The molecule has 1 aromatic rings. The molecular formula is C6H3Br2Cl. The molecule has 0 aliphatic heterocycles. The summed E-state index contributed by atoms with van der Waals surface area (Å²) in [5.41, 5.74) is 0. The molecule has 0 unspecified atom stereocenters. The van der Waals surface area contributed by atoms with E-state index < -0.39 is 0 Å². The molecule has 0 aromatic heterocycles. The third-order valence-electron chi connectivity index (χ3n) is 0.904. The molecule has 0 bridgehead atoms. The van der Waals surface area contributed by atoms with E-state index in [0.29, 0.717) is 0 Å². The highest BCUT2D eigenvalue weighted by Gasteiger charge is 1.97. The molecular weight excluding hydrogens is 267 g/mol. The van der Waals surface area contributed by atoms with Crippen LogP contribution in [0.15, 0.2) is 27.1 Å². The molecule has 0 amide bonds. The van der Waals surface area contributed by atoms with Crippen molar-refractivity contribution in [2.24, 2.45) is 0 Å². The van der Waals surface area contributed by atoms with Gasteiger partial charge in [0, 0.05) is 4.47 Å². The van der Waals surface area contributed by atoms with Crippen molar-refractivity contribution in [3.8, 4) is 0 Å². The van der Waals surface area contributed by atoms with Crippen LogP contribution < -0.4 is 0 Å². The lowest BCUT2D eigenvalue weighted by atomic mass is 10.4. The van der Waals surface area contributed by atoms with E-state index in [4.69, 9.17) is 11.6 Å². The Labute approximate surface area is 75.5 Å². The second-order valence-electron chi connectivity index (χ2n) is 1.54. The third kappa shape index (κ3) is 1.69. The molecule has 3 heteroatoms. The van der Waals surface area contributed by atoms with Crippen LogP contribution in [0.2, 0.25) is 5.02 Å². The first-order chi connectivity index (χ1) is 4.22. The highest BCUT2D eigenvalue weighted by atomic mass is 79.9. The highest BCUT2D eigenvalue weighted by Crippen LogP contribution is 2.29. The van der Waals surface area contributed by atoms with Crippen LogP contribution in [0.1, 0.15) is 0 Å². The summed E-state index contributed by atoms with van der Waals surface area (Å²) in [7, 11) is 0. The second-order valence-corrected chi connectivity index (χ2v) is 3.59. The van der Waals surface area contributed by atoms with Gasteiger partial charge in [-0.1, -0.05) is 17.7 Å². The zero-order valence-corrected chi connectivity index (χ0v) is 8.29. The standard InChI is InChI=1S/C6H3Br2Cl/c7-4-2-1-3-5(9)6(4)8/h1-3H. The Bertz CT molecular complexity index is 202. The summed E-state index contributed by atoms with van der Waals surface area (Å²) in [6, 6.07) is 5.64. The molecule has 0 aliphatic carbocycles. The first-order valence-electron chi connectivity index (χ1n) is 2.31. The molecule has 0 saturated heterocycles. The van der Waals surface area contributed by atoms with Crippen LogP contribution in [-0.4, -0.2) is 0 Å². The van der Waals surface area contributed by atoms with E-state index >= 15 is 0 Å². The number of hydrogen-bond acceptors (Lipinski definition) is 0. The van der Waals surface area contributed by atoms with Crippen molar-refractivity contribution in [3.05, 3.63) is 32.2 Å². The number of rotatable bonds is 0. The van der Waals surface area contributed by atoms with E-state index in [2.05, 4.69) is 31.9 Å². The summed E-state index contributed by atoms with van der Waals surface area (Å²) in [6.07, 6.45) is 0. The van der Waals surface area contributed by atoms with E-state index in [1.807, 2.05) is 18.2 Å². The van der Waals surface area contributed by atoms with E-state index in [0.717, 1.165) is 14.0 Å². The number of hydrogen-bond donors (Lipinski definition) is 0. The summed E-state index contributed by atoms with van der Waals surface area (Å²) in [5.74, 6) is 0. The van der Waals surface area contributed by atoms with Crippen molar-refractivity contribution in [2.75, 3.05) is 0 Å². The lowest BCUT2D eigenvalue weighted by Gasteiger charge is -1.95. The lowest BCUT2D eigenvalue weighted by Crippen LogP contribution is -1.68. The Balaban J connectivity index is 3.25. The predicted molar refractivity (Wildman–Crippen MR) is 46.9 cm³/mol. The van der Waals surface area contributed by atoms with Crippen LogP contribution in [0.25, 0.3) is 0 Å². The molecule has 9 heavy (non-hydrogen) atoms. The maximum Gasteiger partial charge on any atom is 0.0559 e. The molecule has 0 fully saturated rings. The van der Waals surface area contributed by atoms with Gasteiger partial charge in [-0.2, -0.15) is 0 Å².